The van der Waals surface area contributed by atoms with Gasteiger partial charge < -0.3 is 10.1 Å². The van der Waals surface area contributed by atoms with Gasteiger partial charge in [-0.05, 0) is 36.8 Å². The van der Waals surface area contributed by atoms with Gasteiger partial charge in [-0.2, -0.15) is 0 Å². The van der Waals surface area contributed by atoms with Crippen LogP contribution < -0.4 is 14.8 Å². The monoisotopic (exact) mass is 411 g/mol. The predicted molar refractivity (Wildman–Crippen MR) is 106 cm³/mol. The van der Waals surface area contributed by atoms with Crippen molar-refractivity contribution in [1.82, 2.24) is 9.71 Å². The number of ether oxygens (including phenoxy) is 1. The van der Waals surface area contributed by atoms with Crippen molar-refractivity contribution in [2.24, 2.45) is 0 Å². The molecule has 4 rings (SSSR count). The maximum absolute atomic E-state index is 12.7. The van der Waals surface area contributed by atoms with Gasteiger partial charge in [0.2, 0.25) is 0 Å². The van der Waals surface area contributed by atoms with Crippen LogP contribution in [0.15, 0.2) is 59.5 Å². The van der Waals surface area contributed by atoms with E-state index in [9.17, 15) is 18.0 Å². The fourth-order valence-corrected chi connectivity index (χ4v) is 3.98. The molecule has 2 amide bonds. The van der Waals surface area contributed by atoms with Crippen LogP contribution in [0.1, 0.15) is 23.8 Å². The molecule has 0 unspecified atom stereocenters. The first-order valence-corrected chi connectivity index (χ1v) is 10.4. The quantitative estimate of drug-likeness (QED) is 0.682. The minimum absolute atomic E-state index is 0.0207. The lowest BCUT2D eigenvalue weighted by molar-refractivity contribution is -0.123. The minimum atomic E-state index is -4.18. The van der Waals surface area contributed by atoms with Gasteiger partial charge in [-0.25, -0.2) is 18.1 Å². The smallest absolute Gasteiger partial charge is 0.283 e. The first kappa shape index (κ1) is 18.9. The van der Waals surface area contributed by atoms with E-state index >= 15 is 0 Å². The normalized spacial score (nSPS) is 15.9. The SMILES string of the molecule is CC[C@@H]1Oc2ccc(S(=O)(=O)NC(=O)c3ccc4ccccc4n3)cc2NC1=O. The number of pyridine rings is 1. The second kappa shape index (κ2) is 7.17. The Balaban J connectivity index is 1.59. The molecule has 3 aromatic rings. The number of rotatable bonds is 4. The van der Waals surface area contributed by atoms with E-state index < -0.39 is 22.0 Å². The molecule has 1 aliphatic heterocycles. The maximum Gasteiger partial charge on any atom is 0.283 e. The van der Waals surface area contributed by atoms with Crippen LogP contribution in [0.25, 0.3) is 10.9 Å². The molecule has 2 heterocycles. The molecule has 9 heteroatoms. The van der Waals surface area contributed by atoms with Gasteiger partial charge in [0, 0.05) is 5.39 Å². The Morgan fingerprint density at radius 2 is 1.97 bits per heavy atom. The Morgan fingerprint density at radius 1 is 1.17 bits per heavy atom. The molecule has 1 atom stereocenters. The summed E-state index contributed by atoms with van der Waals surface area (Å²) in [5.74, 6) is -0.823. The Morgan fingerprint density at radius 3 is 2.76 bits per heavy atom. The second-order valence-corrected chi connectivity index (χ2v) is 8.17. The molecular formula is C20H17N3O5S. The second-order valence-electron chi connectivity index (χ2n) is 6.49. The number of hydrogen-bond acceptors (Lipinski definition) is 6. The average Bonchev–Trinajstić information content (AvgIpc) is 2.72. The first-order valence-electron chi connectivity index (χ1n) is 8.92. The molecule has 8 nitrogen and oxygen atoms in total. The van der Waals surface area contributed by atoms with E-state index in [2.05, 4.69) is 10.3 Å². The molecule has 0 aliphatic carbocycles. The van der Waals surface area contributed by atoms with Crippen LogP contribution in [-0.4, -0.2) is 31.3 Å². The highest BCUT2D eigenvalue weighted by atomic mass is 32.2. The lowest BCUT2D eigenvalue weighted by atomic mass is 10.2. The molecule has 29 heavy (non-hydrogen) atoms. The van der Waals surface area contributed by atoms with Gasteiger partial charge in [0.1, 0.15) is 11.4 Å². The van der Waals surface area contributed by atoms with Crippen molar-refractivity contribution in [2.45, 2.75) is 24.3 Å². The van der Waals surface area contributed by atoms with E-state index in [1.807, 2.05) is 23.8 Å². The van der Waals surface area contributed by atoms with Crippen molar-refractivity contribution in [2.75, 3.05) is 5.32 Å². The number of carbonyl (C=O) groups is 2. The molecule has 1 aliphatic rings. The number of benzene rings is 2. The van der Waals surface area contributed by atoms with E-state index in [1.165, 1.54) is 24.3 Å². The fourth-order valence-electron chi connectivity index (χ4n) is 2.99. The van der Waals surface area contributed by atoms with E-state index in [-0.39, 0.29) is 22.2 Å². The maximum atomic E-state index is 12.7. The molecule has 0 saturated carbocycles. The van der Waals surface area contributed by atoms with Gasteiger partial charge in [0.25, 0.3) is 21.8 Å². The van der Waals surface area contributed by atoms with Gasteiger partial charge in [0.05, 0.1) is 16.1 Å². The zero-order valence-corrected chi connectivity index (χ0v) is 16.2. The van der Waals surface area contributed by atoms with Crippen molar-refractivity contribution in [3.63, 3.8) is 0 Å². The number of nitrogens with zero attached hydrogens (tertiary/aromatic N) is 1. The zero-order chi connectivity index (χ0) is 20.6. The lowest BCUT2D eigenvalue weighted by Gasteiger charge is -2.25. The number of para-hydroxylation sites is 1. The zero-order valence-electron chi connectivity index (χ0n) is 15.4. The van der Waals surface area contributed by atoms with E-state index in [1.54, 1.807) is 18.2 Å². The van der Waals surface area contributed by atoms with Crippen LogP contribution in [0.3, 0.4) is 0 Å². The van der Waals surface area contributed by atoms with Gasteiger partial charge in [-0.3, -0.25) is 9.59 Å². The molecule has 0 bridgehead atoms. The third kappa shape index (κ3) is 3.64. The standard InChI is InChI=1S/C20H17N3O5S/c1-2-17-20(25)22-16-11-13(8-10-18(16)28-17)29(26,27)23-19(24)15-9-7-12-5-3-4-6-14(12)21-15/h3-11,17H,2H2,1H3,(H,22,25)(H,23,24)/t17-/m0/s1. The topological polar surface area (TPSA) is 114 Å². The number of anilines is 1. The highest BCUT2D eigenvalue weighted by Gasteiger charge is 2.28. The summed E-state index contributed by atoms with van der Waals surface area (Å²) in [6.07, 6.45) is -0.135. The van der Waals surface area contributed by atoms with Crippen LogP contribution in [0.5, 0.6) is 5.75 Å². The van der Waals surface area contributed by atoms with E-state index in [0.29, 0.717) is 17.7 Å². The largest absolute Gasteiger partial charge is 0.478 e. The predicted octanol–water partition coefficient (Wildman–Crippen LogP) is 2.46. The first-order chi connectivity index (χ1) is 13.9. The Bertz CT molecular complexity index is 1240. The molecule has 2 N–H and O–H groups in total. The third-order valence-corrected chi connectivity index (χ3v) is 5.84. The van der Waals surface area contributed by atoms with Crippen molar-refractivity contribution >= 4 is 38.4 Å². The molecular weight excluding hydrogens is 394 g/mol. The van der Waals surface area contributed by atoms with E-state index in [0.717, 1.165) is 5.39 Å². The molecule has 0 radical (unpaired) electrons. The summed E-state index contributed by atoms with van der Waals surface area (Å²) in [6, 6.07) is 14.4. The Kier molecular flexibility index (Phi) is 4.67. The summed E-state index contributed by atoms with van der Waals surface area (Å²) < 4.78 is 32.9. The summed E-state index contributed by atoms with van der Waals surface area (Å²) in [7, 11) is -4.18. The molecule has 0 saturated heterocycles. The number of sulfonamides is 1. The number of carbonyl (C=O) groups excluding carboxylic acids is 2. The highest BCUT2D eigenvalue weighted by Crippen LogP contribution is 2.32. The number of amides is 2. The summed E-state index contributed by atoms with van der Waals surface area (Å²) in [5, 5.41) is 3.46. The molecule has 0 fully saturated rings. The van der Waals surface area contributed by atoms with Gasteiger partial charge >= 0.3 is 0 Å². The van der Waals surface area contributed by atoms with Crippen LogP contribution >= 0.6 is 0 Å². The van der Waals surface area contributed by atoms with Crippen molar-refractivity contribution in [3.05, 3.63) is 60.3 Å². The Labute approximate surface area is 167 Å². The average molecular weight is 411 g/mol. The van der Waals surface area contributed by atoms with Crippen molar-refractivity contribution < 1.29 is 22.7 Å². The summed E-state index contributed by atoms with van der Waals surface area (Å²) in [6.45, 7) is 1.81. The number of fused-ring (bicyclic) bond motifs is 2. The highest BCUT2D eigenvalue weighted by molar-refractivity contribution is 7.90. The van der Waals surface area contributed by atoms with Crippen LogP contribution in [0.4, 0.5) is 5.69 Å². The lowest BCUT2D eigenvalue weighted by Crippen LogP contribution is -2.36. The Hall–Kier alpha value is -3.46. The summed E-state index contributed by atoms with van der Waals surface area (Å²) in [4.78, 5) is 28.4. The molecule has 148 valence electrons. The number of aromatic nitrogens is 1. The van der Waals surface area contributed by atoms with E-state index in [4.69, 9.17) is 4.74 Å². The summed E-state index contributed by atoms with van der Waals surface area (Å²) >= 11 is 0. The van der Waals surface area contributed by atoms with Crippen LogP contribution in [0.2, 0.25) is 0 Å². The van der Waals surface area contributed by atoms with Crippen LogP contribution in [0, 0.1) is 0 Å². The molecule has 1 aromatic heterocycles. The van der Waals surface area contributed by atoms with Gasteiger partial charge in [0.15, 0.2) is 6.10 Å². The number of hydrogen-bond donors (Lipinski definition) is 2. The van der Waals surface area contributed by atoms with Gasteiger partial charge in [-0.1, -0.05) is 31.2 Å². The summed E-state index contributed by atoms with van der Waals surface area (Å²) in [5.41, 5.74) is 0.795. The fraction of sp³-hybridized carbons (Fsp3) is 0.150. The van der Waals surface area contributed by atoms with Crippen molar-refractivity contribution in [1.29, 1.82) is 0 Å². The number of nitrogens with one attached hydrogen (secondary N) is 2. The molecule has 0 spiro atoms. The van der Waals surface area contributed by atoms with Crippen molar-refractivity contribution in [3.8, 4) is 5.75 Å². The minimum Gasteiger partial charge on any atom is -0.478 e. The molecule has 2 aromatic carbocycles. The third-order valence-electron chi connectivity index (χ3n) is 4.51. The van der Waals surface area contributed by atoms with Crippen LogP contribution in [-0.2, 0) is 14.8 Å². The van der Waals surface area contributed by atoms with Gasteiger partial charge in [-0.15, -0.1) is 0 Å².